The number of urea groups is 1. The molecule has 0 unspecified atom stereocenters. The number of carbonyl (C=O) groups excluding carboxylic acids is 2. The maximum absolute atomic E-state index is 13.2. The monoisotopic (exact) mass is 464 g/mol. The molecular weight excluding hydrogens is 444 g/mol. The molecule has 0 aliphatic heterocycles. The first-order chi connectivity index (χ1) is 14.5. The largest absolute Gasteiger partial charge is 0.383 e. The highest BCUT2D eigenvalue weighted by Crippen LogP contribution is 2.34. The Morgan fingerprint density at radius 1 is 1.40 bits per heavy atom. The first-order valence-electron chi connectivity index (χ1n) is 8.91. The van der Waals surface area contributed by atoms with Gasteiger partial charge in [-0.2, -0.15) is 0 Å². The van der Waals surface area contributed by atoms with Crippen LogP contribution in [0.15, 0.2) is 45.5 Å². The fourth-order valence-electron chi connectivity index (χ4n) is 2.62. The van der Waals surface area contributed by atoms with Crippen molar-refractivity contribution in [3.63, 3.8) is 0 Å². The Hall–Kier alpha value is -2.47. The molecule has 0 spiro atoms. The number of methoxy groups -OCH3 is 1. The number of aromatic nitrogens is 2. The molecule has 30 heavy (non-hydrogen) atoms. The average molecular weight is 465 g/mol. The Labute approximate surface area is 185 Å². The Balaban J connectivity index is 1.79. The van der Waals surface area contributed by atoms with Gasteiger partial charge >= 0.3 is 6.03 Å². The van der Waals surface area contributed by atoms with Crippen molar-refractivity contribution in [3.8, 4) is 10.4 Å². The highest BCUT2D eigenvalue weighted by molar-refractivity contribution is 7.99. The summed E-state index contributed by atoms with van der Waals surface area (Å²) >= 11 is 4.05. The number of amides is 3. The molecule has 0 aliphatic carbocycles. The lowest BCUT2D eigenvalue weighted by Crippen LogP contribution is -2.41. The second kappa shape index (κ2) is 10.5. The van der Waals surface area contributed by atoms with Crippen molar-refractivity contribution in [3.05, 3.63) is 45.9 Å². The lowest BCUT2D eigenvalue weighted by Gasteiger charge is -2.11. The molecule has 0 fully saturated rings. The minimum atomic E-state index is -0.594. The van der Waals surface area contributed by atoms with E-state index in [1.807, 2.05) is 22.9 Å². The third kappa shape index (κ3) is 5.17. The van der Waals surface area contributed by atoms with Gasteiger partial charge in [-0.1, -0.05) is 23.9 Å². The number of ether oxygens (including phenoxy) is 1. The molecule has 3 aromatic heterocycles. The number of imide groups is 1. The summed E-state index contributed by atoms with van der Waals surface area (Å²) in [6.45, 7) is 4.63. The molecule has 0 bridgehead atoms. The number of rotatable bonds is 9. The van der Waals surface area contributed by atoms with Gasteiger partial charge < -0.3 is 10.1 Å². The van der Waals surface area contributed by atoms with Gasteiger partial charge in [0.1, 0.15) is 4.83 Å². The molecule has 0 saturated heterocycles. The lowest BCUT2D eigenvalue weighted by molar-refractivity contribution is -0.117. The SMILES string of the molecule is C=CCn1c(SCC(=O)NC(=O)NCCOC)nc2scc(-c3cccs3)c2c1=O. The van der Waals surface area contributed by atoms with E-state index < -0.39 is 11.9 Å². The molecule has 3 amide bonds. The van der Waals surface area contributed by atoms with Gasteiger partial charge in [0.05, 0.1) is 17.7 Å². The minimum absolute atomic E-state index is 0.0596. The van der Waals surface area contributed by atoms with E-state index in [4.69, 9.17) is 4.74 Å². The van der Waals surface area contributed by atoms with E-state index in [0.29, 0.717) is 28.5 Å². The van der Waals surface area contributed by atoms with Crippen LogP contribution in [0.4, 0.5) is 4.79 Å². The number of carbonyl (C=O) groups is 2. The summed E-state index contributed by atoms with van der Waals surface area (Å²) in [4.78, 5) is 43.1. The predicted octanol–water partition coefficient (Wildman–Crippen LogP) is 2.94. The van der Waals surface area contributed by atoms with Crippen molar-refractivity contribution in [2.24, 2.45) is 0 Å². The van der Waals surface area contributed by atoms with Crippen LogP contribution in [0.25, 0.3) is 20.7 Å². The number of hydrogen-bond donors (Lipinski definition) is 2. The van der Waals surface area contributed by atoms with Gasteiger partial charge in [0.2, 0.25) is 5.91 Å². The minimum Gasteiger partial charge on any atom is -0.383 e. The summed E-state index contributed by atoms with van der Waals surface area (Å²) in [6.07, 6.45) is 1.61. The van der Waals surface area contributed by atoms with Crippen LogP contribution < -0.4 is 16.2 Å². The van der Waals surface area contributed by atoms with Crippen molar-refractivity contribution in [2.45, 2.75) is 11.7 Å². The van der Waals surface area contributed by atoms with Gasteiger partial charge in [-0.05, 0) is 11.4 Å². The Kier molecular flexibility index (Phi) is 7.80. The van der Waals surface area contributed by atoms with E-state index in [0.717, 1.165) is 22.2 Å². The topological polar surface area (TPSA) is 102 Å². The lowest BCUT2D eigenvalue weighted by atomic mass is 10.2. The Morgan fingerprint density at radius 2 is 2.23 bits per heavy atom. The molecule has 0 radical (unpaired) electrons. The number of thioether (sulfide) groups is 1. The van der Waals surface area contributed by atoms with Gasteiger partial charge in [0, 0.05) is 36.0 Å². The molecule has 11 heteroatoms. The molecule has 0 aromatic carbocycles. The zero-order valence-electron chi connectivity index (χ0n) is 16.2. The third-order valence-electron chi connectivity index (χ3n) is 3.93. The van der Waals surface area contributed by atoms with Crippen LogP contribution in [-0.2, 0) is 16.1 Å². The van der Waals surface area contributed by atoms with Crippen LogP contribution in [0, 0.1) is 0 Å². The number of allylic oxidation sites excluding steroid dienone is 1. The van der Waals surface area contributed by atoms with E-state index in [1.165, 1.54) is 23.0 Å². The maximum Gasteiger partial charge on any atom is 0.321 e. The number of fused-ring (bicyclic) bond motifs is 1. The van der Waals surface area contributed by atoms with Gasteiger partial charge in [0.15, 0.2) is 5.16 Å². The first kappa shape index (κ1) is 22.2. The van der Waals surface area contributed by atoms with Crippen molar-refractivity contribution >= 4 is 56.6 Å². The number of hydrogen-bond acceptors (Lipinski definition) is 8. The van der Waals surface area contributed by atoms with E-state index in [-0.39, 0.29) is 17.9 Å². The van der Waals surface area contributed by atoms with Crippen molar-refractivity contribution in [2.75, 3.05) is 26.0 Å². The molecule has 2 N–H and O–H groups in total. The molecule has 3 heterocycles. The molecule has 3 aromatic rings. The van der Waals surface area contributed by atoms with Gasteiger partial charge in [0.25, 0.3) is 5.56 Å². The quantitative estimate of drug-likeness (QED) is 0.218. The molecule has 0 atom stereocenters. The number of nitrogens with zero attached hydrogens (tertiary/aromatic N) is 2. The van der Waals surface area contributed by atoms with E-state index in [1.54, 1.807) is 17.4 Å². The van der Waals surface area contributed by atoms with Crippen LogP contribution in [0.2, 0.25) is 0 Å². The standard InChI is InChI=1S/C19H20N4O4S3/c1-3-7-23-17(25)15-12(13-5-4-9-28-13)10-29-16(15)22-19(23)30-11-14(24)21-18(26)20-6-8-27-2/h3-5,9-10H,1,6-8,11H2,2H3,(H2,20,21,24,26). The summed E-state index contributed by atoms with van der Waals surface area (Å²) in [7, 11) is 1.52. The van der Waals surface area contributed by atoms with Gasteiger partial charge in [-0.25, -0.2) is 9.78 Å². The molecular formula is C19H20N4O4S3. The van der Waals surface area contributed by atoms with E-state index >= 15 is 0 Å². The first-order valence-corrected chi connectivity index (χ1v) is 11.7. The predicted molar refractivity (Wildman–Crippen MR) is 122 cm³/mol. The number of thiophene rings is 2. The zero-order chi connectivity index (χ0) is 21.5. The average Bonchev–Trinajstić information content (AvgIpc) is 3.38. The molecule has 0 saturated carbocycles. The Bertz CT molecular complexity index is 1110. The zero-order valence-corrected chi connectivity index (χ0v) is 18.6. The summed E-state index contributed by atoms with van der Waals surface area (Å²) in [5.41, 5.74) is 0.687. The smallest absolute Gasteiger partial charge is 0.321 e. The summed E-state index contributed by atoms with van der Waals surface area (Å²) in [5.74, 6) is -0.546. The van der Waals surface area contributed by atoms with Crippen LogP contribution in [0.3, 0.4) is 0 Å². The molecule has 8 nitrogen and oxygen atoms in total. The molecule has 0 aliphatic rings. The van der Waals surface area contributed by atoms with Crippen molar-refractivity contribution in [1.29, 1.82) is 0 Å². The van der Waals surface area contributed by atoms with Gasteiger partial charge in [-0.15, -0.1) is 29.3 Å². The fraction of sp³-hybridized carbons (Fsp3) is 0.263. The Morgan fingerprint density at radius 3 is 2.93 bits per heavy atom. The van der Waals surface area contributed by atoms with E-state index in [2.05, 4.69) is 22.2 Å². The van der Waals surface area contributed by atoms with Gasteiger partial charge in [-0.3, -0.25) is 19.5 Å². The highest BCUT2D eigenvalue weighted by Gasteiger charge is 2.18. The van der Waals surface area contributed by atoms with E-state index in [9.17, 15) is 14.4 Å². The van der Waals surface area contributed by atoms with Crippen LogP contribution in [-0.4, -0.2) is 47.5 Å². The highest BCUT2D eigenvalue weighted by atomic mass is 32.2. The third-order valence-corrected chi connectivity index (χ3v) is 6.69. The molecule has 158 valence electrons. The summed E-state index contributed by atoms with van der Waals surface area (Å²) in [6, 6.07) is 3.31. The summed E-state index contributed by atoms with van der Waals surface area (Å²) < 4.78 is 6.33. The maximum atomic E-state index is 13.2. The van der Waals surface area contributed by atoms with Crippen LogP contribution in [0.5, 0.6) is 0 Å². The van der Waals surface area contributed by atoms with Crippen LogP contribution in [0.1, 0.15) is 0 Å². The molecule has 3 rings (SSSR count). The van der Waals surface area contributed by atoms with Crippen LogP contribution >= 0.6 is 34.4 Å². The summed E-state index contributed by atoms with van der Waals surface area (Å²) in [5, 5.41) is 9.60. The number of nitrogens with one attached hydrogen (secondary N) is 2. The normalized spacial score (nSPS) is 10.8. The second-order valence-electron chi connectivity index (χ2n) is 5.99. The van der Waals surface area contributed by atoms with Crippen molar-refractivity contribution < 1.29 is 14.3 Å². The van der Waals surface area contributed by atoms with Crippen molar-refractivity contribution in [1.82, 2.24) is 20.2 Å². The second-order valence-corrected chi connectivity index (χ2v) is 8.74. The fourth-order valence-corrected chi connectivity index (χ4v) is 5.23.